The van der Waals surface area contributed by atoms with Crippen LogP contribution in [0.1, 0.15) is 41.2 Å². The summed E-state index contributed by atoms with van der Waals surface area (Å²) in [6.07, 6.45) is 2.44. The number of pyridine rings is 1. The maximum absolute atomic E-state index is 12.9. The zero-order chi connectivity index (χ0) is 16.7. The number of benzene rings is 1. The summed E-state index contributed by atoms with van der Waals surface area (Å²) in [5.74, 6) is -1.04. The standard InChI is InChI=1S/C18H18N2O4/c21-16(20-18(17(22)23)7-8-24-10-18)13-9-15(11-5-6-11)19-14-4-2-1-3-12(13)14/h1-4,9,11H,5-8,10H2,(H,20,21)(H,22,23). The molecule has 2 aromatic rings. The molecule has 1 atom stereocenters. The summed E-state index contributed by atoms with van der Waals surface area (Å²) in [5, 5.41) is 12.9. The predicted octanol–water partition coefficient (Wildman–Crippen LogP) is 2.09. The molecule has 1 unspecified atom stereocenters. The number of carbonyl (C=O) groups is 2. The first-order valence-corrected chi connectivity index (χ1v) is 8.12. The van der Waals surface area contributed by atoms with Gasteiger partial charge in [-0.1, -0.05) is 18.2 Å². The van der Waals surface area contributed by atoms with E-state index in [1.807, 2.05) is 24.3 Å². The number of nitrogens with one attached hydrogen (secondary N) is 1. The first kappa shape index (κ1) is 15.1. The van der Waals surface area contributed by atoms with Gasteiger partial charge in [-0.05, 0) is 25.0 Å². The normalized spacial score (nSPS) is 23.3. The van der Waals surface area contributed by atoms with Crippen molar-refractivity contribution in [1.82, 2.24) is 10.3 Å². The van der Waals surface area contributed by atoms with Crippen LogP contribution in [0.5, 0.6) is 0 Å². The van der Waals surface area contributed by atoms with Crippen LogP contribution in [-0.4, -0.2) is 40.7 Å². The predicted molar refractivity (Wildman–Crippen MR) is 87.0 cm³/mol. The maximum Gasteiger partial charge on any atom is 0.331 e. The third kappa shape index (κ3) is 2.53. The second-order valence-corrected chi connectivity index (χ2v) is 6.53. The summed E-state index contributed by atoms with van der Waals surface area (Å²) in [5.41, 5.74) is 0.807. The van der Waals surface area contributed by atoms with Crippen molar-refractivity contribution in [3.63, 3.8) is 0 Å². The topological polar surface area (TPSA) is 88.5 Å². The van der Waals surface area contributed by atoms with Crippen LogP contribution >= 0.6 is 0 Å². The molecule has 6 nitrogen and oxygen atoms in total. The van der Waals surface area contributed by atoms with Crippen LogP contribution in [-0.2, 0) is 9.53 Å². The number of carbonyl (C=O) groups excluding carboxylic acids is 1. The van der Waals surface area contributed by atoms with E-state index in [2.05, 4.69) is 10.3 Å². The van der Waals surface area contributed by atoms with Crippen LogP contribution in [0.25, 0.3) is 10.9 Å². The second-order valence-electron chi connectivity index (χ2n) is 6.53. The third-order valence-corrected chi connectivity index (χ3v) is 4.76. The number of amides is 1. The monoisotopic (exact) mass is 326 g/mol. The van der Waals surface area contributed by atoms with E-state index in [-0.39, 0.29) is 18.9 Å². The number of rotatable bonds is 4. The molecule has 0 spiro atoms. The van der Waals surface area contributed by atoms with E-state index < -0.39 is 11.5 Å². The molecule has 24 heavy (non-hydrogen) atoms. The molecule has 4 rings (SSSR count). The van der Waals surface area contributed by atoms with Gasteiger partial charge in [0.15, 0.2) is 5.54 Å². The average molecular weight is 326 g/mol. The molecule has 1 aromatic carbocycles. The molecule has 0 radical (unpaired) electrons. The van der Waals surface area contributed by atoms with Gasteiger partial charge in [0, 0.05) is 30.0 Å². The number of carboxylic acids is 1. The number of ether oxygens (including phenoxy) is 1. The van der Waals surface area contributed by atoms with Crippen LogP contribution in [0, 0.1) is 0 Å². The summed E-state index contributed by atoms with van der Waals surface area (Å²) in [6.45, 7) is 0.323. The molecule has 124 valence electrons. The van der Waals surface area contributed by atoms with E-state index in [1.165, 1.54) is 0 Å². The molecular formula is C18H18N2O4. The molecule has 2 aliphatic rings. The lowest BCUT2D eigenvalue weighted by atomic mass is 9.97. The highest BCUT2D eigenvalue weighted by Gasteiger charge is 2.44. The Bertz CT molecular complexity index is 823. The summed E-state index contributed by atoms with van der Waals surface area (Å²) in [6, 6.07) is 9.26. The minimum Gasteiger partial charge on any atom is -0.479 e. The van der Waals surface area contributed by atoms with Gasteiger partial charge in [0.25, 0.3) is 5.91 Å². The van der Waals surface area contributed by atoms with Gasteiger partial charge in [-0.3, -0.25) is 9.78 Å². The summed E-state index contributed by atoms with van der Waals surface area (Å²) in [7, 11) is 0. The Labute approximate surface area is 138 Å². The van der Waals surface area contributed by atoms with Gasteiger partial charge in [-0.2, -0.15) is 0 Å². The van der Waals surface area contributed by atoms with Crippen molar-refractivity contribution in [3.8, 4) is 0 Å². The van der Waals surface area contributed by atoms with E-state index >= 15 is 0 Å². The Morgan fingerprint density at radius 1 is 1.29 bits per heavy atom. The quantitative estimate of drug-likeness (QED) is 0.898. The van der Waals surface area contributed by atoms with Gasteiger partial charge >= 0.3 is 5.97 Å². The Morgan fingerprint density at radius 3 is 2.75 bits per heavy atom. The fraction of sp³-hybridized carbons (Fsp3) is 0.389. The first-order chi connectivity index (χ1) is 11.6. The van der Waals surface area contributed by atoms with E-state index in [4.69, 9.17) is 4.74 Å². The van der Waals surface area contributed by atoms with Crippen molar-refractivity contribution in [2.24, 2.45) is 0 Å². The van der Waals surface area contributed by atoms with E-state index in [0.717, 1.165) is 29.4 Å². The lowest BCUT2D eigenvalue weighted by Gasteiger charge is -2.24. The molecule has 1 saturated heterocycles. The van der Waals surface area contributed by atoms with Crippen LogP contribution in [0.15, 0.2) is 30.3 Å². The number of para-hydroxylation sites is 1. The van der Waals surface area contributed by atoms with Gasteiger partial charge in [0.05, 0.1) is 17.7 Å². The van der Waals surface area contributed by atoms with E-state index in [0.29, 0.717) is 18.1 Å². The Balaban J connectivity index is 1.74. The smallest absolute Gasteiger partial charge is 0.331 e. The lowest BCUT2D eigenvalue weighted by molar-refractivity contribution is -0.144. The van der Waals surface area contributed by atoms with Gasteiger partial charge in [-0.15, -0.1) is 0 Å². The molecule has 6 heteroatoms. The minimum atomic E-state index is -1.35. The molecule has 1 aliphatic carbocycles. The maximum atomic E-state index is 12.9. The van der Waals surface area contributed by atoms with Gasteiger partial charge in [0.2, 0.25) is 0 Å². The van der Waals surface area contributed by atoms with Crippen molar-refractivity contribution in [1.29, 1.82) is 0 Å². The largest absolute Gasteiger partial charge is 0.479 e. The zero-order valence-corrected chi connectivity index (χ0v) is 13.1. The molecule has 2 heterocycles. The van der Waals surface area contributed by atoms with Crippen molar-refractivity contribution >= 4 is 22.8 Å². The molecule has 2 N–H and O–H groups in total. The fourth-order valence-electron chi connectivity index (χ4n) is 3.14. The Hall–Kier alpha value is -2.47. The summed E-state index contributed by atoms with van der Waals surface area (Å²) < 4.78 is 5.21. The van der Waals surface area contributed by atoms with Crippen molar-refractivity contribution in [2.75, 3.05) is 13.2 Å². The number of hydrogen-bond acceptors (Lipinski definition) is 4. The number of nitrogens with zero attached hydrogens (tertiary/aromatic N) is 1. The Kier molecular flexibility index (Phi) is 3.49. The molecule has 1 amide bonds. The van der Waals surface area contributed by atoms with Crippen LogP contribution in [0.4, 0.5) is 0 Å². The molecule has 1 aromatic heterocycles. The number of fused-ring (bicyclic) bond motifs is 1. The van der Waals surface area contributed by atoms with Crippen LogP contribution in [0.3, 0.4) is 0 Å². The number of carboxylic acid groups (broad SMARTS) is 1. The molecule has 1 aliphatic heterocycles. The molecule has 0 bridgehead atoms. The van der Waals surface area contributed by atoms with Gasteiger partial charge in [-0.25, -0.2) is 4.79 Å². The first-order valence-electron chi connectivity index (χ1n) is 8.12. The summed E-state index contributed by atoms with van der Waals surface area (Å²) >= 11 is 0. The highest BCUT2D eigenvalue weighted by molar-refractivity contribution is 6.07. The van der Waals surface area contributed by atoms with E-state index in [1.54, 1.807) is 6.07 Å². The highest BCUT2D eigenvalue weighted by Crippen LogP contribution is 2.40. The summed E-state index contributed by atoms with van der Waals surface area (Å²) in [4.78, 5) is 29.1. The van der Waals surface area contributed by atoms with Crippen molar-refractivity contribution in [3.05, 3.63) is 41.6 Å². The van der Waals surface area contributed by atoms with Crippen LogP contribution < -0.4 is 5.32 Å². The van der Waals surface area contributed by atoms with E-state index in [9.17, 15) is 14.7 Å². The second kappa shape index (κ2) is 5.56. The lowest BCUT2D eigenvalue weighted by Crippen LogP contribution is -2.55. The highest BCUT2D eigenvalue weighted by atomic mass is 16.5. The van der Waals surface area contributed by atoms with Crippen molar-refractivity contribution in [2.45, 2.75) is 30.7 Å². The zero-order valence-electron chi connectivity index (χ0n) is 13.1. The molecule has 1 saturated carbocycles. The van der Waals surface area contributed by atoms with Crippen molar-refractivity contribution < 1.29 is 19.4 Å². The Morgan fingerprint density at radius 2 is 2.08 bits per heavy atom. The number of aromatic nitrogens is 1. The fourth-order valence-corrected chi connectivity index (χ4v) is 3.14. The van der Waals surface area contributed by atoms with Gasteiger partial charge < -0.3 is 15.2 Å². The number of aliphatic carboxylic acids is 1. The number of hydrogen-bond donors (Lipinski definition) is 2. The van der Waals surface area contributed by atoms with Crippen LogP contribution in [0.2, 0.25) is 0 Å². The van der Waals surface area contributed by atoms with Gasteiger partial charge in [0.1, 0.15) is 0 Å². The molecule has 2 fully saturated rings. The molecular weight excluding hydrogens is 308 g/mol. The third-order valence-electron chi connectivity index (χ3n) is 4.76. The average Bonchev–Trinajstić information content (AvgIpc) is 3.33. The SMILES string of the molecule is O=C(NC1(C(=O)O)CCOC1)c1cc(C2CC2)nc2ccccc12. The minimum absolute atomic E-state index is 0.00737.